The molecule has 0 aromatic heterocycles. The summed E-state index contributed by atoms with van der Waals surface area (Å²) >= 11 is 0. The third-order valence-corrected chi connectivity index (χ3v) is 3.64. The Labute approximate surface area is 105 Å². The largest absolute Gasteiger partial charge is 0.317 e. The second kappa shape index (κ2) is 6.77. The Hall–Kier alpha value is -0.860. The van der Waals surface area contributed by atoms with E-state index in [1.807, 2.05) is 0 Å². The lowest BCUT2D eigenvalue weighted by atomic mass is 9.96. The number of rotatable bonds is 5. The molecule has 0 atom stereocenters. The van der Waals surface area contributed by atoms with Crippen LogP contribution in [0.3, 0.4) is 0 Å². The van der Waals surface area contributed by atoms with Crippen molar-refractivity contribution in [1.82, 2.24) is 10.2 Å². The minimum Gasteiger partial charge on any atom is -0.317 e. The zero-order valence-corrected chi connectivity index (χ0v) is 10.9. The average molecular weight is 232 g/mol. The van der Waals surface area contributed by atoms with E-state index in [1.54, 1.807) is 0 Å². The average Bonchev–Trinajstić information content (AvgIpc) is 2.39. The maximum atomic E-state index is 3.46. The molecule has 2 rings (SSSR count). The zero-order chi connectivity index (χ0) is 11.9. The van der Waals surface area contributed by atoms with Gasteiger partial charge in [-0.3, -0.25) is 4.90 Å². The van der Waals surface area contributed by atoms with Crippen LogP contribution in [0.2, 0.25) is 0 Å². The molecule has 1 saturated heterocycles. The molecule has 94 valence electrons. The predicted octanol–water partition coefficient (Wildman–Crippen LogP) is 2.51. The Bertz CT molecular complexity index is 302. The zero-order valence-electron chi connectivity index (χ0n) is 10.9. The fourth-order valence-corrected chi connectivity index (χ4v) is 2.54. The fraction of sp³-hybridized carbons (Fsp3) is 0.600. The van der Waals surface area contributed by atoms with Gasteiger partial charge in [-0.15, -0.1) is 0 Å². The van der Waals surface area contributed by atoms with E-state index in [-0.39, 0.29) is 0 Å². The molecule has 0 bridgehead atoms. The van der Waals surface area contributed by atoms with Crippen molar-refractivity contribution in [3.8, 4) is 0 Å². The lowest BCUT2D eigenvalue weighted by Gasteiger charge is -2.32. The van der Waals surface area contributed by atoms with Crippen LogP contribution in [0.5, 0.6) is 0 Å². The molecule has 1 fully saturated rings. The van der Waals surface area contributed by atoms with Crippen LogP contribution in [0, 0.1) is 5.92 Å². The van der Waals surface area contributed by atoms with Crippen molar-refractivity contribution in [3.05, 3.63) is 35.9 Å². The molecule has 1 aromatic carbocycles. The highest BCUT2D eigenvalue weighted by Gasteiger charge is 2.18. The lowest BCUT2D eigenvalue weighted by Crippen LogP contribution is -2.36. The first-order chi connectivity index (χ1) is 8.38. The number of nitrogens with zero attached hydrogens (tertiary/aromatic N) is 1. The van der Waals surface area contributed by atoms with Crippen molar-refractivity contribution in [2.45, 2.75) is 26.3 Å². The molecule has 0 aliphatic carbocycles. The summed E-state index contributed by atoms with van der Waals surface area (Å²) in [7, 11) is 0. The number of likely N-dealkylation sites (tertiary alicyclic amines) is 1. The van der Waals surface area contributed by atoms with Gasteiger partial charge in [0.2, 0.25) is 0 Å². The standard InChI is InChI=1S/C15H24N2/c1-2-16-12-14-8-10-17(11-9-14)13-15-6-4-3-5-7-15/h3-7,14,16H,2,8-13H2,1H3. The minimum absolute atomic E-state index is 0.891. The molecule has 0 unspecified atom stereocenters. The maximum absolute atomic E-state index is 3.46. The van der Waals surface area contributed by atoms with E-state index in [9.17, 15) is 0 Å². The summed E-state index contributed by atoms with van der Waals surface area (Å²) in [6.45, 7) is 8.12. The van der Waals surface area contributed by atoms with Crippen LogP contribution in [0.15, 0.2) is 30.3 Å². The summed E-state index contributed by atoms with van der Waals surface area (Å²) < 4.78 is 0. The first-order valence-electron chi connectivity index (χ1n) is 6.85. The Morgan fingerprint density at radius 3 is 2.53 bits per heavy atom. The topological polar surface area (TPSA) is 15.3 Å². The van der Waals surface area contributed by atoms with Gasteiger partial charge < -0.3 is 5.32 Å². The maximum Gasteiger partial charge on any atom is 0.0233 e. The van der Waals surface area contributed by atoms with Crippen molar-refractivity contribution in [1.29, 1.82) is 0 Å². The molecule has 1 aromatic rings. The summed E-state index contributed by atoms with van der Waals surface area (Å²) in [6.07, 6.45) is 2.69. The van der Waals surface area contributed by atoms with E-state index in [1.165, 1.54) is 38.0 Å². The highest BCUT2D eigenvalue weighted by molar-refractivity contribution is 5.14. The van der Waals surface area contributed by atoms with Crippen molar-refractivity contribution in [3.63, 3.8) is 0 Å². The second-order valence-corrected chi connectivity index (χ2v) is 5.01. The summed E-state index contributed by atoms with van der Waals surface area (Å²) in [4.78, 5) is 2.58. The quantitative estimate of drug-likeness (QED) is 0.839. The SMILES string of the molecule is CCNCC1CCN(Cc2ccccc2)CC1. The molecule has 2 heteroatoms. The fourth-order valence-electron chi connectivity index (χ4n) is 2.54. The summed E-state index contributed by atoms with van der Waals surface area (Å²) in [6, 6.07) is 10.8. The van der Waals surface area contributed by atoms with Gasteiger partial charge in [-0.25, -0.2) is 0 Å². The van der Waals surface area contributed by atoms with Crippen molar-refractivity contribution >= 4 is 0 Å². The smallest absolute Gasteiger partial charge is 0.0233 e. The van der Waals surface area contributed by atoms with Crippen LogP contribution in [0.1, 0.15) is 25.3 Å². The Morgan fingerprint density at radius 2 is 1.88 bits per heavy atom. The number of piperidine rings is 1. The Balaban J connectivity index is 1.72. The van der Waals surface area contributed by atoms with Crippen LogP contribution in [-0.2, 0) is 6.54 Å². The van der Waals surface area contributed by atoms with Crippen molar-refractivity contribution < 1.29 is 0 Å². The van der Waals surface area contributed by atoms with E-state index in [2.05, 4.69) is 47.5 Å². The molecule has 1 heterocycles. The van der Waals surface area contributed by atoms with Gasteiger partial charge >= 0.3 is 0 Å². The van der Waals surface area contributed by atoms with Crippen LogP contribution in [-0.4, -0.2) is 31.1 Å². The van der Waals surface area contributed by atoms with Crippen LogP contribution in [0.25, 0.3) is 0 Å². The summed E-state index contributed by atoms with van der Waals surface area (Å²) in [5.41, 5.74) is 1.44. The second-order valence-electron chi connectivity index (χ2n) is 5.01. The van der Waals surface area contributed by atoms with Gasteiger partial charge in [-0.2, -0.15) is 0 Å². The molecule has 0 saturated carbocycles. The molecular formula is C15H24N2. The number of hydrogen-bond donors (Lipinski definition) is 1. The van der Waals surface area contributed by atoms with Crippen LogP contribution >= 0.6 is 0 Å². The molecule has 0 amide bonds. The molecule has 1 N–H and O–H groups in total. The first kappa shape index (κ1) is 12.6. The van der Waals surface area contributed by atoms with Crippen LogP contribution in [0.4, 0.5) is 0 Å². The van der Waals surface area contributed by atoms with Gasteiger partial charge in [0.05, 0.1) is 0 Å². The van der Waals surface area contributed by atoms with E-state index in [4.69, 9.17) is 0 Å². The van der Waals surface area contributed by atoms with Gasteiger partial charge in [0.15, 0.2) is 0 Å². The van der Waals surface area contributed by atoms with E-state index < -0.39 is 0 Å². The van der Waals surface area contributed by atoms with E-state index in [0.717, 1.165) is 19.0 Å². The van der Waals surface area contributed by atoms with Gasteiger partial charge in [0.1, 0.15) is 0 Å². The van der Waals surface area contributed by atoms with Gasteiger partial charge in [-0.1, -0.05) is 37.3 Å². The molecule has 1 aliphatic heterocycles. The number of hydrogen-bond acceptors (Lipinski definition) is 2. The Morgan fingerprint density at radius 1 is 1.18 bits per heavy atom. The molecule has 0 spiro atoms. The molecule has 2 nitrogen and oxygen atoms in total. The van der Waals surface area contributed by atoms with Gasteiger partial charge in [0.25, 0.3) is 0 Å². The number of nitrogens with one attached hydrogen (secondary N) is 1. The first-order valence-corrected chi connectivity index (χ1v) is 6.85. The van der Waals surface area contributed by atoms with E-state index >= 15 is 0 Å². The molecular weight excluding hydrogens is 208 g/mol. The van der Waals surface area contributed by atoms with Crippen LogP contribution < -0.4 is 5.32 Å². The molecule has 1 aliphatic rings. The third kappa shape index (κ3) is 4.14. The predicted molar refractivity (Wildman–Crippen MR) is 73.0 cm³/mol. The third-order valence-electron chi connectivity index (χ3n) is 3.64. The number of benzene rings is 1. The van der Waals surface area contributed by atoms with Crippen molar-refractivity contribution in [2.24, 2.45) is 5.92 Å². The highest BCUT2D eigenvalue weighted by atomic mass is 15.1. The molecule has 0 radical (unpaired) electrons. The lowest BCUT2D eigenvalue weighted by molar-refractivity contribution is 0.176. The van der Waals surface area contributed by atoms with E-state index in [0.29, 0.717) is 0 Å². The summed E-state index contributed by atoms with van der Waals surface area (Å²) in [5, 5.41) is 3.46. The monoisotopic (exact) mass is 232 g/mol. The Kier molecular flexibility index (Phi) is 5.02. The minimum atomic E-state index is 0.891. The molecule has 17 heavy (non-hydrogen) atoms. The summed E-state index contributed by atoms with van der Waals surface area (Å²) in [5.74, 6) is 0.891. The highest BCUT2D eigenvalue weighted by Crippen LogP contribution is 2.18. The van der Waals surface area contributed by atoms with Gasteiger partial charge in [-0.05, 0) is 50.5 Å². The normalized spacial score (nSPS) is 18.4. The van der Waals surface area contributed by atoms with Gasteiger partial charge in [0, 0.05) is 6.54 Å². The van der Waals surface area contributed by atoms with Crippen molar-refractivity contribution in [2.75, 3.05) is 26.2 Å².